The number of aromatic hydroxyl groups is 1. The van der Waals surface area contributed by atoms with Gasteiger partial charge in [0.25, 0.3) is 5.56 Å². The van der Waals surface area contributed by atoms with Crippen LogP contribution in [0.5, 0.6) is 5.75 Å². The minimum absolute atomic E-state index is 0.210. The van der Waals surface area contributed by atoms with E-state index in [1.54, 1.807) is 18.2 Å². The molecule has 0 saturated heterocycles. The van der Waals surface area contributed by atoms with Crippen molar-refractivity contribution < 1.29 is 14.6 Å². The summed E-state index contributed by atoms with van der Waals surface area (Å²) in [6.45, 7) is 4.60. The van der Waals surface area contributed by atoms with E-state index in [0.29, 0.717) is 47.1 Å². The first-order valence-corrected chi connectivity index (χ1v) is 10.0. The number of nitrogens with zero attached hydrogens (tertiary/aromatic N) is 1. The van der Waals surface area contributed by atoms with Gasteiger partial charge in [0.05, 0.1) is 16.1 Å². The third-order valence-corrected chi connectivity index (χ3v) is 5.06. The van der Waals surface area contributed by atoms with Gasteiger partial charge in [0.1, 0.15) is 12.4 Å². The topological polar surface area (TPSA) is 114 Å². The van der Waals surface area contributed by atoms with E-state index in [2.05, 4.69) is 15.2 Å². The molecule has 0 bridgehead atoms. The Kier molecular flexibility index (Phi) is 6.81. The first-order chi connectivity index (χ1) is 14.8. The van der Waals surface area contributed by atoms with Gasteiger partial charge in [0.15, 0.2) is 0 Å². The maximum atomic E-state index is 12.5. The molecular formula is C23H28N4O4. The summed E-state index contributed by atoms with van der Waals surface area (Å²) in [7, 11) is 3.83. The van der Waals surface area contributed by atoms with E-state index in [4.69, 9.17) is 4.74 Å². The molecule has 0 atom stereocenters. The number of H-pyrrole nitrogens is 3. The zero-order chi connectivity index (χ0) is 22.5. The number of rotatable bonds is 7. The second-order valence-corrected chi connectivity index (χ2v) is 7.73. The van der Waals surface area contributed by atoms with Crippen molar-refractivity contribution in [2.24, 2.45) is 0 Å². The molecule has 3 rings (SSSR count). The standard InChI is InChI=1S/C23H28N4O4/c1-14-20(24-15(2)21(14)23(30)31-12-11-27(3)4)13-18-19(25-26-22(18)29)10-7-16-5-8-17(28)9-6-16/h5-6,8-10,13,24-25,28H,7,11-12H2,1-4H3,(H,26,29). The number of carbonyl (C=O) groups is 1. The number of hydrogen-bond acceptors (Lipinski definition) is 5. The van der Waals surface area contributed by atoms with Crippen LogP contribution in [0.4, 0.5) is 0 Å². The van der Waals surface area contributed by atoms with Gasteiger partial charge in [0, 0.05) is 17.9 Å². The van der Waals surface area contributed by atoms with Gasteiger partial charge in [-0.25, -0.2) is 4.79 Å². The summed E-state index contributed by atoms with van der Waals surface area (Å²) in [5, 5.41) is 16.0. The van der Waals surface area contributed by atoms with E-state index in [1.807, 2.05) is 51.1 Å². The van der Waals surface area contributed by atoms with Crippen LogP contribution in [0.1, 0.15) is 32.9 Å². The maximum Gasteiger partial charge on any atom is 0.340 e. The second-order valence-electron chi connectivity index (χ2n) is 7.73. The number of carbonyl (C=O) groups excluding carboxylic acids is 1. The number of aromatic nitrogens is 3. The van der Waals surface area contributed by atoms with E-state index in [-0.39, 0.29) is 17.3 Å². The molecule has 0 aliphatic carbocycles. The highest BCUT2D eigenvalue weighted by molar-refractivity contribution is 5.93. The number of aromatic amines is 3. The van der Waals surface area contributed by atoms with Gasteiger partial charge < -0.3 is 19.7 Å². The Labute approximate surface area is 179 Å². The summed E-state index contributed by atoms with van der Waals surface area (Å²) >= 11 is 0. The van der Waals surface area contributed by atoms with Crippen LogP contribution < -0.4 is 16.1 Å². The number of benzene rings is 1. The third kappa shape index (κ3) is 5.35. The summed E-state index contributed by atoms with van der Waals surface area (Å²) in [6.07, 6.45) is 4.22. The van der Waals surface area contributed by atoms with Gasteiger partial charge in [-0.3, -0.25) is 15.0 Å². The van der Waals surface area contributed by atoms with Gasteiger partial charge in [-0.2, -0.15) is 0 Å². The molecule has 2 aromatic heterocycles. The fraction of sp³-hybridized carbons (Fsp3) is 0.304. The SMILES string of the molecule is Cc1[nH]c(C=c2c(=O)[nH][nH]c2=CCc2ccc(O)cc2)c(C)c1C(=O)OCCN(C)C. The molecule has 0 aliphatic rings. The quantitative estimate of drug-likeness (QED) is 0.421. The number of phenolic OH excluding ortho intramolecular Hbond substituents is 1. The highest BCUT2D eigenvalue weighted by Gasteiger charge is 2.18. The van der Waals surface area contributed by atoms with E-state index < -0.39 is 0 Å². The van der Waals surface area contributed by atoms with Crippen molar-refractivity contribution in [2.75, 3.05) is 27.2 Å². The second kappa shape index (κ2) is 9.53. The van der Waals surface area contributed by atoms with Gasteiger partial charge in [-0.15, -0.1) is 0 Å². The maximum absolute atomic E-state index is 12.5. The molecule has 3 aromatic rings. The molecule has 0 unspecified atom stereocenters. The Morgan fingerprint density at radius 2 is 1.87 bits per heavy atom. The van der Waals surface area contributed by atoms with E-state index in [1.165, 1.54) is 0 Å². The molecule has 1 aromatic carbocycles. The highest BCUT2D eigenvalue weighted by atomic mass is 16.5. The first-order valence-electron chi connectivity index (χ1n) is 10.0. The smallest absolute Gasteiger partial charge is 0.340 e. The molecular weight excluding hydrogens is 396 g/mol. The van der Waals surface area contributed by atoms with E-state index in [0.717, 1.165) is 11.1 Å². The number of hydrogen-bond donors (Lipinski definition) is 4. The Morgan fingerprint density at radius 1 is 1.16 bits per heavy atom. The van der Waals surface area contributed by atoms with Crippen LogP contribution in [0.15, 0.2) is 29.1 Å². The average Bonchev–Trinajstić information content (AvgIpc) is 3.20. The largest absolute Gasteiger partial charge is 0.508 e. The number of nitrogens with one attached hydrogen (secondary N) is 3. The predicted molar refractivity (Wildman–Crippen MR) is 120 cm³/mol. The summed E-state index contributed by atoms with van der Waals surface area (Å²) in [4.78, 5) is 30.0. The lowest BCUT2D eigenvalue weighted by atomic mass is 10.1. The first kappa shape index (κ1) is 22.2. The zero-order valence-corrected chi connectivity index (χ0v) is 18.2. The van der Waals surface area contributed by atoms with Crippen LogP contribution in [0.2, 0.25) is 0 Å². The monoisotopic (exact) mass is 424 g/mol. The van der Waals surface area contributed by atoms with Crippen LogP contribution >= 0.6 is 0 Å². The van der Waals surface area contributed by atoms with Gasteiger partial charge in [-0.1, -0.05) is 18.2 Å². The minimum Gasteiger partial charge on any atom is -0.508 e. The molecule has 4 N–H and O–H groups in total. The van der Waals surface area contributed by atoms with Crippen LogP contribution in [0.3, 0.4) is 0 Å². The van der Waals surface area contributed by atoms with Crippen molar-refractivity contribution in [3.8, 4) is 5.75 Å². The molecule has 8 nitrogen and oxygen atoms in total. The Morgan fingerprint density at radius 3 is 2.55 bits per heavy atom. The minimum atomic E-state index is -0.380. The number of phenols is 1. The average molecular weight is 425 g/mol. The predicted octanol–water partition coefficient (Wildman–Crippen LogP) is 0.924. The van der Waals surface area contributed by atoms with E-state index >= 15 is 0 Å². The van der Waals surface area contributed by atoms with Crippen LogP contribution in [-0.2, 0) is 11.2 Å². The van der Waals surface area contributed by atoms with E-state index in [9.17, 15) is 14.7 Å². The van der Waals surface area contributed by atoms with Crippen molar-refractivity contribution in [1.29, 1.82) is 0 Å². The Balaban J connectivity index is 1.91. The van der Waals surface area contributed by atoms with Gasteiger partial charge >= 0.3 is 5.97 Å². The summed E-state index contributed by atoms with van der Waals surface area (Å²) < 4.78 is 5.38. The molecule has 2 heterocycles. The Hall–Kier alpha value is -3.52. The lowest BCUT2D eigenvalue weighted by molar-refractivity contribution is 0.0480. The normalized spacial score (nSPS) is 12.7. The number of esters is 1. The summed E-state index contributed by atoms with van der Waals surface area (Å²) in [5.41, 5.74) is 3.35. The number of ether oxygens (including phenoxy) is 1. The molecule has 0 saturated carbocycles. The molecule has 8 heteroatoms. The zero-order valence-electron chi connectivity index (χ0n) is 18.2. The lowest BCUT2D eigenvalue weighted by Gasteiger charge is -2.10. The number of aryl methyl sites for hydroxylation is 1. The molecule has 164 valence electrons. The van der Waals surface area contributed by atoms with Crippen molar-refractivity contribution in [1.82, 2.24) is 20.1 Å². The van der Waals surface area contributed by atoms with Gasteiger partial charge in [-0.05, 0) is 63.7 Å². The fourth-order valence-electron chi connectivity index (χ4n) is 3.30. The molecule has 31 heavy (non-hydrogen) atoms. The van der Waals surface area contributed by atoms with Crippen molar-refractivity contribution in [3.63, 3.8) is 0 Å². The molecule has 0 aliphatic heterocycles. The summed E-state index contributed by atoms with van der Waals surface area (Å²) in [6, 6.07) is 6.90. The molecule has 0 fully saturated rings. The number of likely N-dealkylation sites (N-methyl/N-ethyl adjacent to an activating group) is 1. The van der Waals surface area contributed by atoms with Crippen molar-refractivity contribution >= 4 is 18.1 Å². The molecule has 0 spiro atoms. The Bertz CT molecular complexity index is 1230. The van der Waals surface area contributed by atoms with Gasteiger partial charge in [0.2, 0.25) is 0 Å². The fourth-order valence-corrected chi connectivity index (χ4v) is 3.30. The molecule has 0 amide bonds. The lowest BCUT2D eigenvalue weighted by Crippen LogP contribution is -2.33. The van der Waals surface area contributed by atoms with Crippen molar-refractivity contribution in [2.45, 2.75) is 20.3 Å². The summed E-state index contributed by atoms with van der Waals surface area (Å²) in [5.74, 6) is -0.170. The van der Waals surface area contributed by atoms with Crippen LogP contribution in [-0.4, -0.2) is 58.4 Å². The third-order valence-electron chi connectivity index (χ3n) is 5.06. The highest BCUT2D eigenvalue weighted by Crippen LogP contribution is 2.19. The molecule has 0 radical (unpaired) electrons. The van der Waals surface area contributed by atoms with Crippen LogP contribution in [0.25, 0.3) is 12.2 Å². The van der Waals surface area contributed by atoms with Crippen LogP contribution in [0, 0.1) is 13.8 Å². The van der Waals surface area contributed by atoms with Crippen molar-refractivity contribution in [3.05, 3.63) is 73.3 Å².